The first kappa shape index (κ1) is 10.3. The Morgan fingerprint density at radius 3 is 2.86 bits per heavy atom. The number of nitrogens with zero attached hydrogens (tertiary/aromatic N) is 1. The molecule has 0 spiro atoms. The van der Waals surface area contributed by atoms with E-state index in [9.17, 15) is 9.59 Å². The molecule has 0 unspecified atom stereocenters. The second-order valence-corrected chi connectivity index (χ2v) is 3.09. The number of aromatic nitrogens is 1. The summed E-state index contributed by atoms with van der Waals surface area (Å²) in [7, 11) is 0. The van der Waals surface area contributed by atoms with Crippen molar-refractivity contribution in [3.63, 3.8) is 0 Å². The third-order valence-electron chi connectivity index (χ3n) is 1.16. The van der Waals surface area contributed by atoms with Crippen LogP contribution in [-0.2, 0) is 9.59 Å². The number of carbonyl (C=O) groups excluding carboxylic acids is 1. The van der Waals surface area contributed by atoms with Gasteiger partial charge in [0.05, 0.1) is 6.42 Å². The number of carbonyl (C=O) groups is 2. The van der Waals surface area contributed by atoms with Gasteiger partial charge in [0.1, 0.15) is 5.71 Å². The Morgan fingerprint density at radius 1 is 1.64 bits per heavy atom. The molecule has 6 nitrogen and oxygen atoms in total. The van der Waals surface area contributed by atoms with Crippen molar-refractivity contribution in [2.75, 3.05) is 0 Å². The Balaban J connectivity index is 2.50. The van der Waals surface area contributed by atoms with E-state index in [0.717, 1.165) is 11.3 Å². The quantitative estimate of drug-likeness (QED) is 0.562. The molecule has 0 fully saturated rings. The fourth-order valence-corrected chi connectivity index (χ4v) is 1.11. The molecule has 74 valence electrons. The van der Waals surface area contributed by atoms with Crippen LogP contribution >= 0.6 is 11.3 Å². The van der Waals surface area contributed by atoms with E-state index < -0.39 is 24.1 Å². The molecule has 0 aliphatic rings. The van der Waals surface area contributed by atoms with Gasteiger partial charge >= 0.3 is 11.9 Å². The summed E-state index contributed by atoms with van der Waals surface area (Å²) < 4.78 is 4.60. The molecule has 2 N–H and O–H groups in total. The highest BCUT2D eigenvalue weighted by molar-refractivity contribution is 7.11. The lowest BCUT2D eigenvalue weighted by Crippen LogP contribution is -2.22. The summed E-state index contributed by atoms with van der Waals surface area (Å²) in [6.07, 6.45) is 0.790. The summed E-state index contributed by atoms with van der Waals surface area (Å²) in [5.74, 6) is -2.23. The fourth-order valence-electron chi connectivity index (χ4n) is 0.625. The predicted octanol–water partition coefficient (Wildman–Crippen LogP) is 0.543. The van der Waals surface area contributed by atoms with Crippen LogP contribution in [0.5, 0.6) is 5.19 Å². The molecular formula is C7H6N2O4S. The van der Waals surface area contributed by atoms with E-state index in [1.54, 1.807) is 5.38 Å². The SMILES string of the molecule is N=C(CC(=O)O)C(=O)Oc1nccs1. The summed E-state index contributed by atoms with van der Waals surface area (Å²) >= 11 is 1.09. The number of aliphatic carboxylic acids is 1. The average molecular weight is 214 g/mol. The summed E-state index contributed by atoms with van der Waals surface area (Å²) in [4.78, 5) is 24.8. The van der Waals surface area contributed by atoms with Gasteiger partial charge in [-0.15, -0.1) is 0 Å². The fraction of sp³-hybridized carbons (Fsp3) is 0.143. The van der Waals surface area contributed by atoms with E-state index in [2.05, 4.69) is 9.72 Å². The number of hydrogen-bond donors (Lipinski definition) is 2. The molecule has 1 aromatic rings. The molecule has 0 saturated heterocycles. The molecule has 14 heavy (non-hydrogen) atoms. The molecule has 1 heterocycles. The van der Waals surface area contributed by atoms with Crippen LogP contribution in [0.4, 0.5) is 0 Å². The van der Waals surface area contributed by atoms with Crippen LogP contribution in [0.15, 0.2) is 11.6 Å². The Morgan fingerprint density at radius 2 is 2.36 bits per heavy atom. The number of rotatable bonds is 4. The summed E-state index contributed by atoms with van der Waals surface area (Å²) in [5, 5.41) is 17.0. The highest BCUT2D eigenvalue weighted by Crippen LogP contribution is 2.13. The Kier molecular flexibility index (Phi) is 3.29. The van der Waals surface area contributed by atoms with Crippen molar-refractivity contribution in [3.8, 4) is 5.19 Å². The number of carboxylic acid groups (broad SMARTS) is 1. The summed E-state index contributed by atoms with van der Waals surface area (Å²) in [6.45, 7) is 0. The molecule has 0 aliphatic heterocycles. The van der Waals surface area contributed by atoms with Crippen LogP contribution in [-0.4, -0.2) is 27.7 Å². The molecule has 0 saturated carbocycles. The maximum atomic E-state index is 11.0. The van der Waals surface area contributed by atoms with Gasteiger partial charge in [-0.2, -0.15) is 0 Å². The monoisotopic (exact) mass is 214 g/mol. The van der Waals surface area contributed by atoms with E-state index >= 15 is 0 Å². The molecule has 7 heteroatoms. The molecule has 0 aromatic carbocycles. The second kappa shape index (κ2) is 4.47. The van der Waals surface area contributed by atoms with Gasteiger partial charge in [0.15, 0.2) is 0 Å². The van der Waals surface area contributed by atoms with E-state index in [1.807, 2.05) is 0 Å². The minimum Gasteiger partial charge on any atom is -0.481 e. The first-order valence-electron chi connectivity index (χ1n) is 3.50. The highest BCUT2D eigenvalue weighted by Gasteiger charge is 2.16. The Labute approximate surface area is 82.7 Å². The first-order chi connectivity index (χ1) is 6.59. The number of carboxylic acids is 1. The van der Waals surface area contributed by atoms with Gasteiger partial charge in [0, 0.05) is 11.6 Å². The van der Waals surface area contributed by atoms with Crippen molar-refractivity contribution in [1.29, 1.82) is 5.41 Å². The molecule has 0 atom stereocenters. The average Bonchev–Trinajstić information content (AvgIpc) is 2.55. The van der Waals surface area contributed by atoms with Gasteiger partial charge in [-0.3, -0.25) is 10.2 Å². The third kappa shape index (κ3) is 2.94. The number of thiazole rings is 1. The van der Waals surface area contributed by atoms with Crippen LogP contribution in [0, 0.1) is 5.41 Å². The van der Waals surface area contributed by atoms with Crippen molar-refractivity contribution in [3.05, 3.63) is 11.6 Å². The highest BCUT2D eigenvalue weighted by atomic mass is 32.1. The van der Waals surface area contributed by atoms with Crippen molar-refractivity contribution in [1.82, 2.24) is 4.98 Å². The van der Waals surface area contributed by atoms with Gasteiger partial charge in [-0.1, -0.05) is 11.3 Å². The number of hydrogen-bond acceptors (Lipinski definition) is 6. The minimum atomic E-state index is -1.24. The summed E-state index contributed by atoms with van der Waals surface area (Å²) in [6, 6.07) is 0. The van der Waals surface area contributed by atoms with Gasteiger partial charge in [0.25, 0.3) is 5.19 Å². The largest absolute Gasteiger partial charge is 0.481 e. The topological polar surface area (TPSA) is 100 Å². The second-order valence-electron chi connectivity index (χ2n) is 2.24. The van der Waals surface area contributed by atoms with Crippen LogP contribution < -0.4 is 4.74 Å². The molecule has 0 radical (unpaired) electrons. The lowest BCUT2D eigenvalue weighted by atomic mass is 10.3. The van der Waals surface area contributed by atoms with Crippen molar-refractivity contribution < 1.29 is 19.4 Å². The van der Waals surface area contributed by atoms with E-state index in [-0.39, 0.29) is 5.19 Å². The van der Waals surface area contributed by atoms with E-state index in [0.29, 0.717) is 0 Å². The third-order valence-corrected chi connectivity index (χ3v) is 1.81. The molecule has 1 aromatic heterocycles. The van der Waals surface area contributed by atoms with Gasteiger partial charge < -0.3 is 9.84 Å². The Hall–Kier alpha value is -1.76. The molecule has 0 bridgehead atoms. The van der Waals surface area contributed by atoms with Gasteiger partial charge in [-0.05, 0) is 0 Å². The van der Waals surface area contributed by atoms with Crippen molar-refractivity contribution >= 4 is 29.0 Å². The summed E-state index contributed by atoms with van der Waals surface area (Å²) in [5.41, 5.74) is -0.604. The van der Waals surface area contributed by atoms with Gasteiger partial charge in [0.2, 0.25) is 0 Å². The van der Waals surface area contributed by atoms with Crippen LogP contribution in [0.2, 0.25) is 0 Å². The predicted molar refractivity (Wildman–Crippen MR) is 47.7 cm³/mol. The smallest absolute Gasteiger partial charge is 0.359 e. The zero-order valence-corrected chi connectivity index (χ0v) is 7.71. The zero-order chi connectivity index (χ0) is 10.6. The standard InChI is InChI=1S/C7H6N2O4S/c8-4(3-5(10)11)6(12)13-7-9-1-2-14-7/h1-2,8H,3H2,(H,10,11). The molecular weight excluding hydrogens is 208 g/mol. The zero-order valence-electron chi connectivity index (χ0n) is 6.89. The van der Waals surface area contributed by atoms with E-state index in [4.69, 9.17) is 10.5 Å². The lowest BCUT2D eigenvalue weighted by Gasteiger charge is -1.98. The molecule has 1 rings (SSSR count). The molecule has 0 amide bonds. The maximum absolute atomic E-state index is 11.0. The maximum Gasteiger partial charge on any atom is 0.359 e. The number of ether oxygens (including phenoxy) is 1. The van der Waals surface area contributed by atoms with Crippen molar-refractivity contribution in [2.45, 2.75) is 6.42 Å². The van der Waals surface area contributed by atoms with Crippen molar-refractivity contribution in [2.24, 2.45) is 0 Å². The van der Waals surface area contributed by atoms with Crippen LogP contribution in [0.1, 0.15) is 6.42 Å². The van der Waals surface area contributed by atoms with Crippen LogP contribution in [0.3, 0.4) is 0 Å². The normalized spacial score (nSPS) is 9.43. The van der Waals surface area contributed by atoms with Crippen LogP contribution in [0.25, 0.3) is 0 Å². The minimum absolute atomic E-state index is 0.102. The van der Waals surface area contributed by atoms with Gasteiger partial charge in [-0.25, -0.2) is 9.78 Å². The van der Waals surface area contributed by atoms with E-state index in [1.165, 1.54) is 6.20 Å². The number of esters is 1. The first-order valence-corrected chi connectivity index (χ1v) is 4.38. The lowest BCUT2D eigenvalue weighted by molar-refractivity contribution is -0.136. The molecule has 0 aliphatic carbocycles. The number of nitrogens with one attached hydrogen (secondary N) is 1. The Bertz CT molecular complexity index is 360.